The van der Waals surface area contributed by atoms with Crippen LogP contribution in [0.3, 0.4) is 0 Å². The quantitative estimate of drug-likeness (QED) is 0.784. The average molecular weight is 336 g/mol. The van der Waals surface area contributed by atoms with Crippen LogP contribution in [0.1, 0.15) is 22.7 Å². The number of cyclic esters (lactones) is 1. The number of aromatic nitrogens is 2. The minimum Gasteiger partial charge on any atom is -0.456 e. The lowest BCUT2D eigenvalue weighted by Crippen LogP contribution is -2.19. The molecule has 5 nitrogen and oxygen atoms in total. The van der Waals surface area contributed by atoms with Crippen molar-refractivity contribution in [1.29, 1.82) is 0 Å². The van der Waals surface area contributed by atoms with Gasteiger partial charge in [0.25, 0.3) is 0 Å². The number of halogens is 2. The largest absolute Gasteiger partial charge is 0.456 e. The maximum atomic E-state index is 12.2. The molecule has 2 aliphatic rings. The number of rotatable bonds is 1. The van der Waals surface area contributed by atoms with Crippen LogP contribution < -0.4 is 5.32 Å². The number of esters is 1. The van der Waals surface area contributed by atoms with E-state index >= 15 is 0 Å². The van der Waals surface area contributed by atoms with E-state index in [-0.39, 0.29) is 18.5 Å². The Labute approximate surface area is 136 Å². The molecule has 2 aliphatic heterocycles. The van der Waals surface area contributed by atoms with Crippen molar-refractivity contribution in [2.24, 2.45) is 0 Å². The first-order valence-corrected chi connectivity index (χ1v) is 7.49. The molecule has 2 N–H and O–H groups in total. The highest BCUT2D eigenvalue weighted by Gasteiger charge is 2.40. The zero-order valence-electron chi connectivity index (χ0n) is 11.5. The number of aromatic amines is 1. The zero-order valence-corrected chi connectivity index (χ0v) is 13.0. The molecule has 1 unspecified atom stereocenters. The number of carbonyl (C=O) groups excluding carboxylic acids is 1. The Morgan fingerprint density at radius 1 is 1.32 bits per heavy atom. The molecule has 0 amide bonds. The molecule has 1 aromatic carbocycles. The van der Waals surface area contributed by atoms with Crippen LogP contribution in [0.2, 0.25) is 10.0 Å². The van der Waals surface area contributed by atoms with Gasteiger partial charge in [0, 0.05) is 17.2 Å². The molecule has 22 heavy (non-hydrogen) atoms. The highest BCUT2D eigenvalue weighted by molar-refractivity contribution is 6.42. The molecule has 2 aromatic rings. The van der Waals surface area contributed by atoms with Gasteiger partial charge in [0.15, 0.2) is 5.82 Å². The number of anilines is 1. The van der Waals surface area contributed by atoms with Crippen LogP contribution in [0.25, 0.3) is 0 Å². The molecule has 0 aliphatic carbocycles. The second-order valence-corrected chi connectivity index (χ2v) is 6.13. The fourth-order valence-corrected chi connectivity index (χ4v) is 3.32. The third-order valence-electron chi connectivity index (χ3n) is 4.01. The standard InChI is InChI=1S/C15H11Cl2N3O2/c1-6-11-12(7-2-3-8(16)9(17)4-7)13-10(5-22-15(13)21)18-14(11)20-19-6/h2-4,12H,5H2,1H3,(H2,18,19,20). The van der Waals surface area contributed by atoms with Gasteiger partial charge in [-0.05, 0) is 24.6 Å². The highest BCUT2D eigenvalue weighted by Crippen LogP contribution is 2.45. The first kappa shape index (κ1) is 13.7. The highest BCUT2D eigenvalue weighted by atomic mass is 35.5. The Hall–Kier alpha value is -1.98. The smallest absolute Gasteiger partial charge is 0.337 e. The number of fused-ring (bicyclic) bond motifs is 1. The molecule has 3 heterocycles. The maximum absolute atomic E-state index is 12.2. The van der Waals surface area contributed by atoms with Crippen molar-refractivity contribution in [2.75, 3.05) is 11.9 Å². The van der Waals surface area contributed by atoms with Gasteiger partial charge < -0.3 is 10.1 Å². The molecule has 0 saturated heterocycles. The van der Waals surface area contributed by atoms with E-state index in [2.05, 4.69) is 15.5 Å². The Kier molecular flexibility index (Phi) is 2.96. The monoisotopic (exact) mass is 335 g/mol. The topological polar surface area (TPSA) is 67.0 Å². The van der Waals surface area contributed by atoms with Crippen molar-refractivity contribution in [2.45, 2.75) is 12.8 Å². The third kappa shape index (κ3) is 1.86. The summed E-state index contributed by atoms with van der Waals surface area (Å²) in [5, 5.41) is 11.3. The van der Waals surface area contributed by atoms with Gasteiger partial charge in [-0.1, -0.05) is 29.3 Å². The zero-order chi connectivity index (χ0) is 15.4. The summed E-state index contributed by atoms with van der Waals surface area (Å²) in [5.41, 5.74) is 4.06. The van der Waals surface area contributed by atoms with E-state index < -0.39 is 0 Å². The second-order valence-electron chi connectivity index (χ2n) is 5.31. The number of ether oxygens (including phenoxy) is 1. The molecular weight excluding hydrogens is 325 g/mol. The van der Waals surface area contributed by atoms with E-state index in [0.717, 1.165) is 22.5 Å². The minimum absolute atomic E-state index is 0.233. The molecule has 0 radical (unpaired) electrons. The van der Waals surface area contributed by atoms with Gasteiger partial charge in [-0.15, -0.1) is 0 Å². The van der Waals surface area contributed by atoms with E-state index in [1.54, 1.807) is 12.1 Å². The van der Waals surface area contributed by atoms with E-state index in [0.29, 0.717) is 21.4 Å². The van der Waals surface area contributed by atoms with Crippen molar-refractivity contribution >= 4 is 35.0 Å². The van der Waals surface area contributed by atoms with E-state index in [1.807, 2.05) is 13.0 Å². The predicted octanol–water partition coefficient (Wildman–Crippen LogP) is 3.39. The number of benzene rings is 1. The van der Waals surface area contributed by atoms with Crippen molar-refractivity contribution in [3.05, 3.63) is 56.3 Å². The Balaban J connectivity index is 1.95. The third-order valence-corrected chi connectivity index (χ3v) is 4.75. The lowest BCUT2D eigenvalue weighted by Gasteiger charge is -2.24. The van der Waals surface area contributed by atoms with Gasteiger partial charge in [-0.2, -0.15) is 5.10 Å². The van der Waals surface area contributed by atoms with Crippen LogP contribution in [0.4, 0.5) is 5.82 Å². The van der Waals surface area contributed by atoms with Crippen LogP contribution in [0.5, 0.6) is 0 Å². The van der Waals surface area contributed by atoms with E-state index in [4.69, 9.17) is 27.9 Å². The summed E-state index contributed by atoms with van der Waals surface area (Å²) >= 11 is 12.2. The van der Waals surface area contributed by atoms with Crippen LogP contribution in [-0.2, 0) is 9.53 Å². The molecule has 4 rings (SSSR count). The number of hydrogen-bond donors (Lipinski definition) is 2. The summed E-state index contributed by atoms with van der Waals surface area (Å²) in [7, 11) is 0. The lowest BCUT2D eigenvalue weighted by atomic mass is 9.82. The van der Waals surface area contributed by atoms with Gasteiger partial charge in [-0.3, -0.25) is 5.10 Å². The van der Waals surface area contributed by atoms with Gasteiger partial charge in [0.05, 0.1) is 21.3 Å². The van der Waals surface area contributed by atoms with E-state index in [1.165, 1.54) is 0 Å². The molecule has 112 valence electrons. The molecule has 0 fully saturated rings. The number of hydrogen-bond acceptors (Lipinski definition) is 4. The molecular formula is C15H11Cl2N3O2. The number of H-pyrrole nitrogens is 1. The Morgan fingerprint density at radius 3 is 2.91 bits per heavy atom. The predicted molar refractivity (Wildman–Crippen MR) is 83.2 cm³/mol. The second kappa shape index (κ2) is 4.76. The number of aryl methyl sites for hydroxylation is 1. The number of carbonyl (C=O) groups is 1. The van der Waals surface area contributed by atoms with Crippen LogP contribution in [0.15, 0.2) is 29.5 Å². The lowest BCUT2D eigenvalue weighted by molar-refractivity contribution is -0.136. The number of nitrogens with one attached hydrogen (secondary N) is 2. The first-order valence-electron chi connectivity index (χ1n) is 6.73. The molecule has 1 aromatic heterocycles. The summed E-state index contributed by atoms with van der Waals surface area (Å²) < 4.78 is 5.17. The Morgan fingerprint density at radius 2 is 2.14 bits per heavy atom. The molecule has 0 bridgehead atoms. The van der Waals surface area contributed by atoms with Crippen molar-refractivity contribution < 1.29 is 9.53 Å². The first-order chi connectivity index (χ1) is 10.6. The summed E-state index contributed by atoms with van der Waals surface area (Å²) in [5.74, 6) is 0.130. The summed E-state index contributed by atoms with van der Waals surface area (Å²) in [6, 6.07) is 5.39. The van der Waals surface area contributed by atoms with Gasteiger partial charge in [0.1, 0.15) is 6.61 Å². The van der Waals surface area contributed by atoms with Gasteiger partial charge >= 0.3 is 5.97 Å². The summed E-state index contributed by atoms with van der Waals surface area (Å²) in [6.45, 7) is 2.15. The normalized spacial score (nSPS) is 19.6. The molecule has 0 spiro atoms. The van der Waals surface area contributed by atoms with Crippen LogP contribution >= 0.6 is 23.2 Å². The fraction of sp³-hybridized carbons (Fsp3) is 0.200. The van der Waals surface area contributed by atoms with Crippen LogP contribution in [-0.4, -0.2) is 22.8 Å². The number of nitrogens with zero attached hydrogens (tertiary/aromatic N) is 1. The maximum Gasteiger partial charge on any atom is 0.337 e. The van der Waals surface area contributed by atoms with Crippen molar-refractivity contribution in [1.82, 2.24) is 10.2 Å². The summed E-state index contributed by atoms with van der Waals surface area (Å²) in [6.07, 6.45) is 0. The van der Waals surface area contributed by atoms with Crippen molar-refractivity contribution in [3.63, 3.8) is 0 Å². The Bertz CT molecular complexity index is 841. The molecule has 7 heteroatoms. The van der Waals surface area contributed by atoms with Crippen molar-refractivity contribution in [3.8, 4) is 0 Å². The van der Waals surface area contributed by atoms with E-state index in [9.17, 15) is 4.79 Å². The molecule has 1 atom stereocenters. The fourth-order valence-electron chi connectivity index (χ4n) is 3.01. The van der Waals surface area contributed by atoms with Crippen LogP contribution in [0, 0.1) is 6.92 Å². The minimum atomic E-state index is -0.315. The van der Waals surface area contributed by atoms with Gasteiger partial charge in [0.2, 0.25) is 0 Å². The van der Waals surface area contributed by atoms with Gasteiger partial charge in [-0.25, -0.2) is 4.79 Å². The summed E-state index contributed by atoms with van der Waals surface area (Å²) in [4.78, 5) is 12.2. The SMILES string of the molecule is Cc1[nH]nc2c1C(c1ccc(Cl)c(Cl)c1)C1=C(COC1=O)N2. The average Bonchev–Trinajstić information content (AvgIpc) is 3.05. The molecule has 0 saturated carbocycles.